The van der Waals surface area contributed by atoms with Crippen LogP contribution >= 0.6 is 12.4 Å². The van der Waals surface area contributed by atoms with Gasteiger partial charge in [-0.2, -0.15) is 0 Å². The van der Waals surface area contributed by atoms with Crippen molar-refractivity contribution < 1.29 is 4.79 Å². The molecule has 0 saturated heterocycles. The molecule has 0 aromatic heterocycles. The zero-order valence-electron chi connectivity index (χ0n) is 9.06. The number of carbonyl (C=O) groups excluding carboxylic acids is 1. The Morgan fingerprint density at radius 2 is 2.00 bits per heavy atom. The van der Waals surface area contributed by atoms with Crippen molar-refractivity contribution in [3.63, 3.8) is 0 Å². The second-order valence-corrected chi connectivity index (χ2v) is 3.18. The molecule has 0 aliphatic carbocycles. The molecule has 3 nitrogen and oxygen atoms in total. The molecule has 16 heavy (non-hydrogen) atoms. The Morgan fingerprint density at radius 3 is 2.62 bits per heavy atom. The van der Waals surface area contributed by atoms with Gasteiger partial charge >= 0.3 is 0 Å². The number of hydrogen-bond donors (Lipinski definition) is 2. The number of benzene rings is 1. The predicted molar refractivity (Wildman–Crippen MR) is 69.4 cm³/mol. The third-order valence-corrected chi connectivity index (χ3v) is 1.91. The highest BCUT2D eigenvalue weighted by Gasteiger charge is 1.92. The molecule has 0 spiro atoms. The second-order valence-electron chi connectivity index (χ2n) is 3.18. The molecule has 1 aromatic rings. The number of nitrogens with two attached hydrogens (primary N) is 1. The van der Waals surface area contributed by atoms with E-state index in [0.717, 1.165) is 12.0 Å². The molecular weight excluding hydrogens is 224 g/mol. The summed E-state index contributed by atoms with van der Waals surface area (Å²) in [6.07, 6.45) is 4.13. The van der Waals surface area contributed by atoms with Gasteiger partial charge in [-0.1, -0.05) is 30.3 Å². The van der Waals surface area contributed by atoms with Crippen molar-refractivity contribution in [2.24, 2.45) is 5.73 Å². The molecule has 0 fully saturated rings. The van der Waals surface area contributed by atoms with E-state index in [9.17, 15) is 4.79 Å². The molecule has 0 bridgehead atoms. The van der Waals surface area contributed by atoms with E-state index in [0.29, 0.717) is 13.1 Å². The SMILES string of the molecule is Cl.NCCCNC(=O)C=Cc1ccccc1. The molecule has 3 N–H and O–H groups in total. The molecule has 0 aliphatic heterocycles. The largest absolute Gasteiger partial charge is 0.353 e. The van der Waals surface area contributed by atoms with E-state index in [-0.39, 0.29) is 18.3 Å². The number of amides is 1. The number of carbonyl (C=O) groups is 1. The smallest absolute Gasteiger partial charge is 0.243 e. The number of rotatable bonds is 5. The number of halogens is 1. The van der Waals surface area contributed by atoms with Crippen LogP contribution in [0, 0.1) is 0 Å². The fourth-order valence-corrected chi connectivity index (χ4v) is 1.11. The summed E-state index contributed by atoms with van der Waals surface area (Å²) >= 11 is 0. The lowest BCUT2D eigenvalue weighted by Crippen LogP contribution is -2.23. The minimum Gasteiger partial charge on any atom is -0.353 e. The fraction of sp³-hybridized carbons (Fsp3) is 0.250. The Hall–Kier alpha value is -1.32. The summed E-state index contributed by atoms with van der Waals surface area (Å²) in [5.41, 5.74) is 6.33. The minimum absolute atomic E-state index is 0. The van der Waals surface area contributed by atoms with Crippen LogP contribution in [0.2, 0.25) is 0 Å². The molecule has 0 saturated carbocycles. The maximum Gasteiger partial charge on any atom is 0.243 e. The molecular formula is C12H17ClN2O. The molecule has 0 radical (unpaired) electrons. The highest BCUT2D eigenvalue weighted by atomic mass is 35.5. The molecule has 88 valence electrons. The lowest BCUT2D eigenvalue weighted by Gasteiger charge is -1.99. The van der Waals surface area contributed by atoms with E-state index in [1.165, 1.54) is 6.08 Å². The Kier molecular flexibility index (Phi) is 8.21. The fourth-order valence-electron chi connectivity index (χ4n) is 1.11. The molecule has 0 atom stereocenters. The third-order valence-electron chi connectivity index (χ3n) is 1.91. The van der Waals surface area contributed by atoms with Gasteiger partial charge in [0.15, 0.2) is 0 Å². The first-order valence-corrected chi connectivity index (χ1v) is 5.04. The van der Waals surface area contributed by atoms with Crippen molar-refractivity contribution in [3.05, 3.63) is 42.0 Å². The molecule has 0 aliphatic rings. The van der Waals surface area contributed by atoms with Gasteiger partial charge in [-0.05, 0) is 24.6 Å². The summed E-state index contributed by atoms with van der Waals surface area (Å²) in [6.45, 7) is 1.23. The monoisotopic (exact) mass is 240 g/mol. The molecule has 0 heterocycles. The van der Waals surface area contributed by atoms with Crippen LogP contribution in [-0.4, -0.2) is 19.0 Å². The highest BCUT2D eigenvalue weighted by Crippen LogP contribution is 2.00. The van der Waals surface area contributed by atoms with Gasteiger partial charge in [-0.15, -0.1) is 12.4 Å². The third kappa shape index (κ3) is 6.22. The highest BCUT2D eigenvalue weighted by molar-refractivity contribution is 5.91. The van der Waals surface area contributed by atoms with Gasteiger partial charge in [-0.3, -0.25) is 4.79 Å². The maximum absolute atomic E-state index is 11.3. The Balaban J connectivity index is 0.00000225. The molecule has 1 rings (SSSR count). The summed E-state index contributed by atoms with van der Waals surface area (Å²) in [6, 6.07) is 9.71. The molecule has 1 amide bonds. The van der Waals surface area contributed by atoms with Crippen molar-refractivity contribution in [1.82, 2.24) is 5.32 Å². The van der Waals surface area contributed by atoms with Gasteiger partial charge in [0.2, 0.25) is 5.91 Å². The summed E-state index contributed by atoms with van der Waals surface area (Å²) in [5.74, 6) is -0.0766. The van der Waals surface area contributed by atoms with Crippen LogP contribution in [0.3, 0.4) is 0 Å². The Bertz CT molecular complexity index is 325. The van der Waals surface area contributed by atoms with E-state index in [2.05, 4.69) is 5.32 Å². The van der Waals surface area contributed by atoms with Crippen LogP contribution in [-0.2, 0) is 4.79 Å². The zero-order valence-corrected chi connectivity index (χ0v) is 9.87. The summed E-state index contributed by atoms with van der Waals surface area (Å²) in [5, 5.41) is 2.75. The number of hydrogen-bond acceptors (Lipinski definition) is 2. The van der Waals surface area contributed by atoms with Crippen molar-refractivity contribution in [2.75, 3.05) is 13.1 Å². The molecule has 1 aromatic carbocycles. The average Bonchev–Trinajstić information content (AvgIpc) is 2.28. The van der Waals surface area contributed by atoms with Crippen molar-refractivity contribution >= 4 is 24.4 Å². The second kappa shape index (κ2) is 8.95. The van der Waals surface area contributed by atoms with Gasteiger partial charge < -0.3 is 11.1 Å². The minimum atomic E-state index is -0.0766. The van der Waals surface area contributed by atoms with Crippen LogP contribution in [0.4, 0.5) is 0 Å². The van der Waals surface area contributed by atoms with Crippen LogP contribution in [0.15, 0.2) is 36.4 Å². The summed E-state index contributed by atoms with van der Waals surface area (Å²) in [4.78, 5) is 11.3. The van der Waals surface area contributed by atoms with Crippen LogP contribution < -0.4 is 11.1 Å². The van der Waals surface area contributed by atoms with Crippen LogP contribution in [0.25, 0.3) is 6.08 Å². The lowest BCUT2D eigenvalue weighted by molar-refractivity contribution is -0.116. The van der Waals surface area contributed by atoms with Gasteiger partial charge in [0.1, 0.15) is 0 Å². The van der Waals surface area contributed by atoms with Gasteiger partial charge in [0.25, 0.3) is 0 Å². The van der Waals surface area contributed by atoms with Crippen LogP contribution in [0.5, 0.6) is 0 Å². The van der Waals surface area contributed by atoms with Crippen LogP contribution in [0.1, 0.15) is 12.0 Å². The van der Waals surface area contributed by atoms with Crippen molar-refractivity contribution in [3.8, 4) is 0 Å². The Labute approximate surface area is 102 Å². The van der Waals surface area contributed by atoms with Crippen molar-refractivity contribution in [2.45, 2.75) is 6.42 Å². The topological polar surface area (TPSA) is 55.1 Å². The standard InChI is InChI=1S/C12H16N2O.ClH/c13-9-4-10-14-12(15)8-7-11-5-2-1-3-6-11;/h1-3,5-8H,4,9-10,13H2,(H,14,15);1H. The first kappa shape index (κ1) is 14.7. The van der Waals surface area contributed by atoms with Crippen molar-refractivity contribution in [1.29, 1.82) is 0 Å². The first-order chi connectivity index (χ1) is 7.33. The Morgan fingerprint density at radius 1 is 1.31 bits per heavy atom. The lowest BCUT2D eigenvalue weighted by atomic mass is 10.2. The van der Waals surface area contributed by atoms with E-state index in [4.69, 9.17) is 5.73 Å². The first-order valence-electron chi connectivity index (χ1n) is 5.04. The van der Waals surface area contributed by atoms with E-state index in [1.54, 1.807) is 6.08 Å². The van der Waals surface area contributed by atoms with E-state index < -0.39 is 0 Å². The maximum atomic E-state index is 11.3. The van der Waals surface area contributed by atoms with Gasteiger partial charge in [0, 0.05) is 12.6 Å². The summed E-state index contributed by atoms with van der Waals surface area (Å²) < 4.78 is 0. The molecule has 0 unspecified atom stereocenters. The summed E-state index contributed by atoms with van der Waals surface area (Å²) in [7, 11) is 0. The zero-order chi connectivity index (χ0) is 10.9. The molecule has 4 heteroatoms. The van der Waals surface area contributed by atoms with Gasteiger partial charge in [-0.25, -0.2) is 0 Å². The normalized spacial score (nSPS) is 9.81. The van der Waals surface area contributed by atoms with Gasteiger partial charge in [0.05, 0.1) is 0 Å². The predicted octanol–water partition coefficient (Wildman–Crippen LogP) is 1.59. The van der Waals surface area contributed by atoms with E-state index in [1.807, 2.05) is 30.3 Å². The van der Waals surface area contributed by atoms with E-state index >= 15 is 0 Å². The number of nitrogens with one attached hydrogen (secondary N) is 1. The quantitative estimate of drug-likeness (QED) is 0.607. The average molecular weight is 241 g/mol.